The van der Waals surface area contributed by atoms with Gasteiger partial charge in [0.05, 0.1) is 21.6 Å². The summed E-state index contributed by atoms with van der Waals surface area (Å²) in [6.45, 7) is 0. The minimum absolute atomic E-state index is 0.0178. The number of nitrogens with zero attached hydrogens (tertiary/aromatic N) is 1. The van der Waals surface area contributed by atoms with Crippen molar-refractivity contribution >= 4 is 77.2 Å². The van der Waals surface area contributed by atoms with Gasteiger partial charge in [-0.15, -0.1) is 0 Å². The number of halogens is 3. The van der Waals surface area contributed by atoms with Gasteiger partial charge in [0.25, 0.3) is 5.91 Å². The number of amides is 1. The zero-order valence-electron chi connectivity index (χ0n) is 18.3. The van der Waals surface area contributed by atoms with E-state index in [1.165, 1.54) is 73.8 Å². The Labute approximate surface area is 228 Å². The standard InChI is InChI=1S/C24H15Br2ClN2O6S/c1-34-24(31)15-2-6-18(7-3-15)29-23(30)16(13-28)10-14-11-20(25)22(21(26)12-14)35-36(32,33)19-8-4-17(27)5-9-19/h2-12H,1H3,(H,29,30)/b16-10+. The van der Waals surface area contributed by atoms with Crippen LogP contribution in [-0.2, 0) is 19.6 Å². The summed E-state index contributed by atoms with van der Waals surface area (Å²) in [5.74, 6) is -1.22. The maximum Gasteiger partial charge on any atom is 0.339 e. The number of hydrogen-bond acceptors (Lipinski definition) is 7. The van der Waals surface area contributed by atoms with Gasteiger partial charge in [0.15, 0.2) is 5.75 Å². The van der Waals surface area contributed by atoms with Crippen molar-refractivity contribution in [3.63, 3.8) is 0 Å². The van der Waals surface area contributed by atoms with Gasteiger partial charge in [0, 0.05) is 10.7 Å². The molecular weight excluding hydrogens is 640 g/mol. The Morgan fingerprint density at radius 1 is 1.03 bits per heavy atom. The number of ether oxygens (including phenoxy) is 1. The van der Waals surface area contributed by atoms with Gasteiger partial charge in [-0.1, -0.05) is 11.6 Å². The van der Waals surface area contributed by atoms with Crippen molar-refractivity contribution in [1.82, 2.24) is 0 Å². The highest BCUT2D eigenvalue weighted by atomic mass is 79.9. The van der Waals surface area contributed by atoms with Gasteiger partial charge in [-0.25, -0.2) is 4.79 Å². The monoisotopic (exact) mass is 652 g/mol. The van der Waals surface area contributed by atoms with Gasteiger partial charge in [-0.3, -0.25) is 4.79 Å². The fraction of sp³-hybridized carbons (Fsp3) is 0.0417. The number of carbonyl (C=O) groups is 2. The van der Waals surface area contributed by atoms with Crippen LogP contribution in [0.1, 0.15) is 15.9 Å². The van der Waals surface area contributed by atoms with Crippen LogP contribution in [-0.4, -0.2) is 27.4 Å². The molecule has 0 aromatic heterocycles. The summed E-state index contributed by atoms with van der Waals surface area (Å²) >= 11 is 12.4. The van der Waals surface area contributed by atoms with E-state index in [0.29, 0.717) is 21.8 Å². The number of benzene rings is 3. The zero-order chi connectivity index (χ0) is 26.5. The predicted molar refractivity (Wildman–Crippen MR) is 141 cm³/mol. The lowest BCUT2D eigenvalue weighted by molar-refractivity contribution is -0.112. The molecular formula is C24H15Br2ClN2O6S. The number of rotatable bonds is 7. The molecule has 0 saturated carbocycles. The maximum absolute atomic E-state index is 12.6. The summed E-state index contributed by atoms with van der Waals surface area (Å²) in [6.07, 6.45) is 1.32. The Morgan fingerprint density at radius 2 is 1.61 bits per heavy atom. The van der Waals surface area contributed by atoms with Crippen LogP contribution in [0.5, 0.6) is 5.75 Å². The third-order valence-corrected chi connectivity index (χ3v) is 7.22. The normalized spacial score (nSPS) is 11.4. The highest BCUT2D eigenvalue weighted by Gasteiger charge is 2.21. The lowest BCUT2D eigenvalue weighted by Gasteiger charge is -2.12. The number of hydrogen-bond donors (Lipinski definition) is 1. The van der Waals surface area contributed by atoms with E-state index in [1.807, 2.05) is 6.07 Å². The van der Waals surface area contributed by atoms with E-state index < -0.39 is 22.0 Å². The van der Waals surface area contributed by atoms with Crippen LogP contribution in [0.15, 0.2) is 80.1 Å². The van der Waals surface area contributed by atoms with E-state index in [1.54, 1.807) is 0 Å². The van der Waals surface area contributed by atoms with Crippen LogP contribution in [0, 0.1) is 11.3 Å². The molecule has 1 amide bonds. The van der Waals surface area contributed by atoms with E-state index in [-0.39, 0.29) is 25.2 Å². The molecule has 12 heteroatoms. The van der Waals surface area contributed by atoms with Gasteiger partial charge in [-0.2, -0.15) is 13.7 Å². The first-order chi connectivity index (χ1) is 17.0. The van der Waals surface area contributed by atoms with Crippen molar-refractivity contribution < 1.29 is 26.9 Å². The Bertz CT molecular complexity index is 1480. The van der Waals surface area contributed by atoms with Crippen LogP contribution < -0.4 is 9.50 Å². The molecule has 0 heterocycles. The SMILES string of the molecule is COC(=O)c1ccc(NC(=O)/C(C#N)=C/c2cc(Br)c(OS(=O)(=O)c3ccc(Cl)cc3)c(Br)c2)cc1. The zero-order valence-corrected chi connectivity index (χ0v) is 23.0. The number of nitrogens with one attached hydrogen (secondary N) is 1. The third kappa shape index (κ3) is 6.73. The molecule has 36 heavy (non-hydrogen) atoms. The molecule has 3 aromatic carbocycles. The molecule has 0 aliphatic rings. The van der Waals surface area contributed by atoms with E-state index in [2.05, 4.69) is 41.9 Å². The second-order valence-electron chi connectivity index (χ2n) is 7.00. The lowest BCUT2D eigenvalue weighted by atomic mass is 10.1. The highest BCUT2D eigenvalue weighted by Crippen LogP contribution is 2.37. The first-order valence-electron chi connectivity index (χ1n) is 9.84. The van der Waals surface area contributed by atoms with E-state index in [9.17, 15) is 23.3 Å². The van der Waals surface area contributed by atoms with Crippen molar-refractivity contribution in [3.8, 4) is 11.8 Å². The average molecular weight is 655 g/mol. The van der Waals surface area contributed by atoms with Gasteiger partial charge < -0.3 is 14.2 Å². The molecule has 3 aromatic rings. The summed E-state index contributed by atoms with van der Waals surface area (Å²) in [6, 6.07) is 16.3. The van der Waals surface area contributed by atoms with Gasteiger partial charge >= 0.3 is 16.1 Å². The summed E-state index contributed by atoms with van der Waals surface area (Å²) in [7, 11) is -2.89. The predicted octanol–water partition coefficient (Wildman–Crippen LogP) is 5.96. The molecule has 0 spiro atoms. The Kier molecular flexibility index (Phi) is 8.92. The van der Waals surface area contributed by atoms with Crippen molar-refractivity contribution in [2.45, 2.75) is 4.90 Å². The van der Waals surface area contributed by atoms with Gasteiger partial charge in [-0.05, 0) is 104 Å². The fourth-order valence-electron chi connectivity index (χ4n) is 2.82. The first-order valence-corrected chi connectivity index (χ1v) is 13.2. The van der Waals surface area contributed by atoms with Crippen molar-refractivity contribution in [1.29, 1.82) is 5.26 Å². The topological polar surface area (TPSA) is 123 Å². The van der Waals surface area contributed by atoms with Crippen LogP contribution in [0.25, 0.3) is 6.08 Å². The lowest BCUT2D eigenvalue weighted by Crippen LogP contribution is -2.13. The fourth-order valence-corrected chi connectivity index (χ4v) is 5.51. The summed E-state index contributed by atoms with van der Waals surface area (Å²) < 4.78 is 35.7. The van der Waals surface area contributed by atoms with Crippen molar-refractivity contribution in [2.24, 2.45) is 0 Å². The second kappa shape index (κ2) is 11.7. The number of methoxy groups -OCH3 is 1. The molecule has 0 unspecified atom stereocenters. The number of esters is 1. The van der Waals surface area contributed by atoms with Crippen LogP contribution in [0.4, 0.5) is 5.69 Å². The number of carbonyl (C=O) groups excluding carboxylic acids is 2. The summed E-state index contributed by atoms with van der Waals surface area (Å²) in [5, 5.41) is 12.4. The van der Waals surface area contributed by atoms with Crippen molar-refractivity contribution in [3.05, 3.63) is 91.3 Å². The molecule has 1 N–H and O–H groups in total. The number of anilines is 1. The molecule has 0 aliphatic carbocycles. The highest BCUT2D eigenvalue weighted by molar-refractivity contribution is 9.11. The number of nitriles is 1. The molecule has 0 saturated heterocycles. The van der Waals surface area contributed by atoms with Crippen LogP contribution in [0.3, 0.4) is 0 Å². The molecule has 8 nitrogen and oxygen atoms in total. The minimum atomic E-state index is -4.15. The molecule has 0 radical (unpaired) electrons. The van der Waals surface area contributed by atoms with E-state index in [0.717, 1.165) is 0 Å². The van der Waals surface area contributed by atoms with Gasteiger partial charge in [0.2, 0.25) is 0 Å². The molecule has 184 valence electrons. The molecule has 0 bridgehead atoms. The Morgan fingerprint density at radius 3 is 2.14 bits per heavy atom. The largest absolute Gasteiger partial charge is 0.465 e. The molecule has 3 rings (SSSR count). The Balaban J connectivity index is 1.81. The molecule has 0 aliphatic heterocycles. The van der Waals surface area contributed by atoms with Gasteiger partial charge in [0.1, 0.15) is 16.5 Å². The Hall–Kier alpha value is -3.17. The average Bonchev–Trinajstić information content (AvgIpc) is 2.85. The third-order valence-electron chi connectivity index (χ3n) is 4.56. The maximum atomic E-state index is 12.6. The van der Waals surface area contributed by atoms with E-state index >= 15 is 0 Å². The molecule has 0 fully saturated rings. The van der Waals surface area contributed by atoms with Crippen LogP contribution >= 0.6 is 43.5 Å². The van der Waals surface area contributed by atoms with E-state index in [4.69, 9.17) is 15.8 Å². The summed E-state index contributed by atoms with van der Waals surface area (Å²) in [5.41, 5.74) is 0.875. The summed E-state index contributed by atoms with van der Waals surface area (Å²) in [4.78, 5) is 24.0. The first kappa shape index (κ1) is 27.4. The van der Waals surface area contributed by atoms with Crippen molar-refractivity contribution in [2.75, 3.05) is 12.4 Å². The smallest absolute Gasteiger partial charge is 0.339 e. The quantitative estimate of drug-likeness (QED) is 0.144. The second-order valence-corrected chi connectivity index (χ2v) is 10.7. The minimum Gasteiger partial charge on any atom is -0.465 e. The molecule has 0 atom stereocenters. The van der Waals surface area contributed by atoms with Crippen LogP contribution in [0.2, 0.25) is 5.02 Å².